The zero-order valence-electron chi connectivity index (χ0n) is 10.8. The van der Waals surface area contributed by atoms with Crippen LogP contribution in [0.15, 0.2) is 45.7 Å². The van der Waals surface area contributed by atoms with Gasteiger partial charge < -0.3 is 15.5 Å². The van der Waals surface area contributed by atoms with Crippen LogP contribution in [-0.4, -0.2) is 20.6 Å². The van der Waals surface area contributed by atoms with Crippen molar-refractivity contribution >= 4 is 21.4 Å². The first-order chi connectivity index (χ1) is 9.41. The van der Waals surface area contributed by atoms with Gasteiger partial charge in [0.15, 0.2) is 15.6 Å². The molecule has 20 heavy (non-hydrogen) atoms. The molecule has 1 aromatic heterocycles. The van der Waals surface area contributed by atoms with Crippen molar-refractivity contribution in [2.45, 2.75) is 11.4 Å². The third-order valence-corrected chi connectivity index (χ3v) is 3.78. The molecule has 0 aliphatic heterocycles. The number of rotatable bonds is 4. The smallest absolute Gasteiger partial charge is 0.291 e. The maximum Gasteiger partial charge on any atom is 0.291 e. The van der Waals surface area contributed by atoms with Crippen molar-refractivity contribution in [3.63, 3.8) is 0 Å². The molecule has 1 amide bonds. The highest BCUT2D eigenvalue weighted by atomic mass is 32.2. The van der Waals surface area contributed by atoms with E-state index >= 15 is 0 Å². The van der Waals surface area contributed by atoms with Crippen LogP contribution in [0.4, 0.5) is 5.69 Å². The summed E-state index contributed by atoms with van der Waals surface area (Å²) >= 11 is 0. The van der Waals surface area contributed by atoms with Crippen LogP contribution < -0.4 is 11.1 Å². The standard InChI is InChI=1S/C13H14N2O4S/c1-20(17,18)12-5-3-2-4-10(12)15-13(16)11-7-6-9(8-14)19-11/h2-7H,8,14H2,1H3,(H,15,16). The highest BCUT2D eigenvalue weighted by Crippen LogP contribution is 2.21. The van der Waals surface area contributed by atoms with Gasteiger partial charge in [-0.1, -0.05) is 12.1 Å². The molecule has 0 bridgehead atoms. The zero-order chi connectivity index (χ0) is 14.8. The molecule has 0 fully saturated rings. The number of nitrogens with two attached hydrogens (primary N) is 1. The van der Waals surface area contributed by atoms with Gasteiger partial charge in [0, 0.05) is 6.26 Å². The summed E-state index contributed by atoms with van der Waals surface area (Å²) in [6.45, 7) is 0.188. The van der Waals surface area contributed by atoms with Crippen LogP contribution in [0.5, 0.6) is 0 Å². The summed E-state index contributed by atoms with van der Waals surface area (Å²) in [5, 5.41) is 2.52. The van der Waals surface area contributed by atoms with Crippen molar-refractivity contribution in [2.24, 2.45) is 5.73 Å². The van der Waals surface area contributed by atoms with Gasteiger partial charge >= 0.3 is 0 Å². The van der Waals surface area contributed by atoms with Gasteiger partial charge in [0.2, 0.25) is 0 Å². The second-order valence-electron chi connectivity index (χ2n) is 4.19. The number of carbonyl (C=O) groups excluding carboxylic acids is 1. The van der Waals surface area contributed by atoms with E-state index in [0.29, 0.717) is 5.76 Å². The minimum absolute atomic E-state index is 0.0546. The van der Waals surface area contributed by atoms with Crippen LogP contribution in [0.3, 0.4) is 0 Å². The summed E-state index contributed by atoms with van der Waals surface area (Å²) in [5.41, 5.74) is 5.61. The Bertz CT molecular complexity index is 734. The number of anilines is 1. The van der Waals surface area contributed by atoms with Crippen molar-refractivity contribution in [1.29, 1.82) is 0 Å². The van der Waals surface area contributed by atoms with Gasteiger partial charge in [-0.05, 0) is 24.3 Å². The summed E-state index contributed by atoms with van der Waals surface area (Å²) in [5.74, 6) is 0.0288. The van der Waals surface area contributed by atoms with Gasteiger partial charge in [0.05, 0.1) is 17.1 Å². The maximum atomic E-state index is 12.0. The van der Waals surface area contributed by atoms with Crippen LogP contribution in [-0.2, 0) is 16.4 Å². The molecule has 0 radical (unpaired) electrons. The molecule has 2 aromatic rings. The van der Waals surface area contributed by atoms with Gasteiger partial charge in [0.1, 0.15) is 5.76 Å². The molecular weight excluding hydrogens is 280 g/mol. The van der Waals surface area contributed by atoms with Crippen molar-refractivity contribution in [3.8, 4) is 0 Å². The minimum atomic E-state index is -3.43. The van der Waals surface area contributed by atoms with E-state index in [1.807, 2.05) is 0 Å². The molecule has 0 saturated carbocycles. The van der Waals surface area contributed by atoms with Crippen LogP contribution in [0, 0.1) is 0 Å². The number of carbonyl (C=O) groups is 1. The van der Waals surface area contributed by atoms with Crippen molar-refractivity contribution in [2.75, 3.05) is 11.6 Å². The van der Waals surface area contributed by atoms with E-state index in [0.717, 1.165) is 6.26 Å². The molecule has 3 N–H and O–H groups in total. The lowest BCUT2D eigenvalue weighted by Crippen LogP contribution is -2.13. The molecule has 1 heterocycles. The number of amides is 1. The zero-order valence-corrected chi connectivity index (χ0v) is 11.6. The van der Waals surface area contributed by atoms with E-state index in [9.17, 15) is 13.2 Å². The van der Waals surface area contributed by atoms with Crippen LogP contribution in [0.25, 0.3) is 0 Å². The van der Waals surface area contributed by atoms with Crippen LogP contribution in [0.2, 0.25) is 0 Å². The molecule has 106 valence electrons. The molecular formula is C13H14N2O4S. The summed E-state index contributed by atoms with van der Waals surface area (Å²) in [6.07, 6.45) is 1.08. The summed E-state index contributed by atoms with van der Waals surface area (Å²) in [6, 6.07) is 9.25. The SMILES string of the molecule is CS(=O)(=O)c1ccccc1NC(=O)c1ccc(CN)o1. The summed E-state index contributed by atoms with van der Waals surface area (Å²) in [4.78, 5) is 12.0. The fourth-order valence-corrected chi connectivity index (χ4v) is 2.53. The molecule has 2 rings (SSSR count). The number of hydrogen-bond acceptors (Lipinski definition) is 5. The number of hydrogen-bond donors (Lipinski definition) is 2. The highest BCUT2D eigenvalue weighted by Gasteiger charge is 2.17. The normalized spacial score (nSPS) is 11.3. The average molecular weight is 294 g/mol. The monoisotopic (exact) mass is 294 g/mol. The number of furan rings is 1. The number of sulfone groups is 1. The predicted octanol–water partition coefficient (Wildman–Crippen LogP) is 1.39. The van der Waals surface area contributed by atoms with Gasteiger partial charge in [0.25, 0.3) is 5.91 Å². The Morgan fingerprint density at radius 3 is 2.55 bits per heavy atom. The van der Waals surface area contributed by atoms with Crippen molar-refractivity contribution in [3.05, 3.63) is 47.9 Å². The Balaban J connectivity index is 2.29. The Morgan fingerprint density at radius 2 is 1.95 bits per heavy atom. The second kappa shape index (κ2) is 5.48. The van der Waals surface area contributed by atoms with Crippen molar-refractivity contribution in [1.82, 2.24) is 0 Å². The highest BCUT2D eigenvalue weighted by molar-refractivity contribution is 7.90. The molecule has 0 aliphatic carbocycles. The number of benzene rings is 1. The van der Waals surface area contributed by atoms with E-state index < -0.39 is 15.7 Å². The maximum absolute atomic E-state index is 12.0. The van der Waals surface area contributed by atoms with E-state index in [1.54, 1.807) is 18.2 Å². The third-order valence-electron chi connectivity index (χ3n) is 2.62. The Hall–Kier alpha value is -2.12. The molecule has 0 unspecified atom stereocenters. The number of para-hydroxylation sites is 1. The first-order valence-electron chi connectivity index (χ1n) is 5.81. The lowest BCUT2D eigenvalue weighted by molar-refractivity contribution is 0.0995. The molecule has 0 saturated heterocycles. The fraction of sp³-hybridized carbons (Fsp3) is 0.154. The number of nitrogens with one attached hydrogen (secondary N) is 1. The summed E-state index contributed by atoms with van der Waals surface area (Å²) in [7, 11) is -3.43. The predicted molar refractivity (Wildman–Crippen MR) is 74.1 cm³/mol. The van der Waals surface area contributed by atoms with E-state index in [2.05, 4.69) is 5.32 Å². The molecule has 7 heteroatoms. The Kier molecular flexibility index (Phi) is 3.91. The van der Waals surface area contributed by atoms with Crippen LogP contribution >= 0.6 is 0 Å². The molecule has 0 atom stereocenters. The minimum Gasteiger partial charge on any atom is -0.455 e. The fourth-order valence-electron chi connectivity index (χ4n) is 1.69. The largest absolute Gasteiger partial charge is 0.455 e. The van der Waals surface area contributed by atoms with E-state index in [1.165, 1.54) is 18.2 Å². The third kappa shape index (κ3) is 3.06. The van der Waals surface area contributed by atoms with Gasteiger partial charge in [-0.2, -0.15) is 0 Å². The van der Waals surface area contributed by atoms with Gasteiger partial charge in [-0.15, -0.1) is 0 Å². The average Bonchev–Trinajstić information content (AvgIpc) is 2.87. The van der Waals surface area contributed by atoms with Gasteiger partial charge in [-0.3, -0.25) is 4.79 Å². The molecule has 1 aromatic carbocycles. The molecule has 0 aliphatic rings. The van der Waals surface area contributed by atoms with Crippen LogP contribution in [0.1, 0.15) is 16.3 Å². The molecule has 0 spiro atoms. The Morgan fingerprint density at radius 1 is 1.25 bits per heavy atom. The summed E-state index contributed by atoms with van der Waals surface area (Å²) < 4.78 is 28.5. The van der Waals surface area contributed by atoms with E-state index in [-0.39, 0.29) is 22.9 Å². The van der Waals surface area contributed by atoms with Gasteiger partial charge in [-0.25, -0.2) is 8.42 Å². The quantitative estimate of drug-likeness (QED) is 0.887. The van der Waals surface area contributed by atoms with E-state index in [4.69, 9.17) is 10.2 Å². The Labute approximate surface area is 116 Å². The lowest BCUT2D eigenvalue weighted by Gasteiger charge is -2.08. The second-order valence-corrected chi connectivity index (χ2v) is 6.18. The first kappa shape index (κ1) is 14.3. The van der Waals surface area contributed by atoms with Crippen molar-refractivity contribution < 1.29 is 17.6 Å². The lowest BCUT2D eigenvalue weighted by atomic mass is 10.3. The first-order valence-corrected chi connectivity index (χ1v) is 7.70. The molecule has 6 nitrogen and oxygen atoms in total. The topological polar surface area (TPSA) is 102 Å².